The largest absolute Gasteiger partial charge is 0.394 e. The summed E-state index contributed by atoms with van der Waals surface area (Å²) in [4.78, 5) is 65.0. The summed E-state index contributed by atoms with van der Waals surface area (Å²) < 4.78 is 128. The van der Waals surface area contributed by atoms with Gasteiger partial charge < -0.3 is 279 Å². The Morgan fingerprint density at radius 3 is 0.847 bits per heavy atom. The van der Waals surface area contributed by atoms with E-state index in [-0.39, 0.29) is 0 Å². The number of rotatable bonds is 36. The van der Waals surface area contributed by atoms with Gasteiger partial charge in [0.1, 0.15) is 268 Å². The summed E-state index contributed by atoms with van der Waals surface area (Å²) in [5.41, 5.74) is 0. The summed E-state index contributed by atoms with van der Waals surface area (Å²) in [5.74, 6) is -4.89. The maximum Gasteiger partial charge on any atom is 0.217 e. The first kappa shape index (κ1) is 113. The smallest absolute Gasteiger partial charge is 0.217 e. The Kier molecular flexibility index (Phi) is 40.7. The van der Waals surface area contributed by atoms with Gasteiger partial charge >= 0.3 is 0 Å². The number of nitrogens with one attached hydrogen (secondary N) is 5. The van der Waals surface area contributed by atoms with Gasteiger partial charge in [0.15, 0.2) is 69.2 Å². The molecule has 55 atom stereocenters. The number of aliphatic hydroxyl groups is 30. The Balaban J connectivity index is 1.06. The van der Waals surface area contributed by atoms with Crippen LogP contribution in [0.4, 0.5) is 0 Å². The maximum absolute atomic E-state index is 13.6. The van der Waals surface area contributed by atoms with Crippen LogP contribution in [0.15, 0.2) is 0 Å². The first-order chi connectivity index (χ1) is 64.8. The standard InChI is InChI=1S/C76H127N5O56/c1-17(91)77-33-48(106)58(28(12-88)119-66(33)116)130-70-37(81-21(5)95)49(107)59(29(13-89)126-70)132-74-57(115)63(135-76-65(136-69-36(80-20(4)94)47(105)40(98)24(8-84)122-69)55(113)60(30(14-90)127-76)131-67-34(78-18(2)92)45(103)38(96)22(6-82)120-67)61(133-68-35(79-19(3)93)46(104)39(97)23(7-83)121-68)32(129-74)16-117-71-56(114)62(134-72-53(111)50(108)41(99)25(9-85)123-72)44(102)31(128-71)15-118-75-64(52(110)43(101)27(11-87)125-75)137-73-54(112)51(109)42(100)26(10-86)124-73/h22-76,82-90,96-116H,6-16H2,1-5H3,(H,77,91)(H,78,92)(H,79,93)(H,80,94)(H,81,95)/t22-,23-,24-,25-,26-,27-,28-,29-,30-,31-,32-,33-,34-,35-,36-,37-,38-,39-,40-,41-,42-,43-,44-,45-,46-,47-,48-,49-,50+,51+,52+,53+,54+,55+,56+,57+,58-,59-,60-,61-,62+,63-,64+,65+,66?,67+,68+,69+,70+,71+,72-,73-,74+,75+,76-/m1/s1. The first-order valence-corrected chi connectivity index (χ1v) is 43.6. The summed E-state index contributed by atoms with van der Waals surface area (Å²) in [6, 6.07) is -9.88. The first-order valence-electron chi connectivity index (χ1n) is 43.6. The molecule has 11 fully saturated rings. The minimum Gasteiger partial charge on any atom is -0.394 e. The van der Waals surface area contributed by atoms with Crippen LogP contribution in [0.3, 0.4) is 0 Å². The van der Waals surface area contributed by atoms with Crippen LogP contribution in [0.2, 0.25) is 0 Å². The molecule has 0 aliphatic carbocycles. The SMILES string of the molecule is CC(=O)N[C@H]1[C@H](O[C@H]2[C@H](O)[C@@H](NC(C)=O)C(O)O[C@@H]2CO)O[C@H](CO)[C@@H](O[C@@H]2O[C@H](CO[C@H]3O[C@H](CO[C@H]4O[C@H](CO)[C@@H](O)[C@H](O)[C@@H]4O[C@H]4O[C@H](CO)[C@@H](O)[C@H](O)[C@@H]4O)[C@@H](O)[C@H](O[C@H]4O[C@H](CO)[C@@H](O)[C@H](O)[C@@H]4O)[C@@H]3O)[C@@H](O[C@@H]3O[C@H](CO)[C@@H](O)[C@H](O)[C@H]3NC(C)=O)[C@H](O[C@H]3O[C@H](CO)[C@@H](O[C@@H]4O[C@H](CO)[C@@H](O)[C@H](O)[C@H]4NC(C)=O)[C@H](O)[C@@H]3O[C@@H]3O[C@H](CO)[C@@H](O)[C@H](O)[C@H]3NC(C)=O)[C@@H]2O)[C@@H]1O. The van der Waals surface area contributed by atoms with E-state index in [1.54, 1.807) is 0 Å². The molecule has 35 N–H and O–H groups in total. The van der Waals surface area contributed by atoms with Crippen molar-refractivity contribution in [1.82, 2.24) is 26.6 Å². The van der Waals surface area contributed by atoms with Gasteiger partial charge in [-0.15, -0.1) is 0 Å². The van der Waals surface area contributed by atoms with Crippen molar-refractivity contribution in [1.29, 1.82) is 0 Å². The van der Waals surface area contributed by atoms with Gasteiger partial charge in [0.25, 0.3) is 0 Å². The van der Waals surface area contributed by atoms with Crippen LogP contribution in [0, 0.1) is 0 Å². The van der Waals surface area contributed by atoms with E-state index in [4.69, 9.17) is 99.5 Å². The molecule has 137 heavy (non-hydrogen) atoms. The molecule has 0 saturated carbocycles. The van der Waals surface area contributed by atoms with Crippen molar-refractivity contribution in [3.8, 4) is 0 Å². The third-order valence-electron chi connectivity index (χ3n) is 25.0. The van der Waals surface area contributed by atoms with E-state index in [0.717, 1.165) is 34.6 Å². The summed E-state index contributed by atoms with van der Waals surface area (Å²) in [6.45, 7) is -8.79. The Bertz CT molecular complexity index is 3780. The van der Waals surface area contributed by atoms with Gasteiger partial charge in [0.05, 0.1) is 72.7 Å². The van der Waals surface area contributed by atoms with Crippen molar-refractivity contribution in [3.63, 3.8) is 0 Å². The van der Waals surface area contributed by atoms with Crippen LogP contribution in [0.1, 0.15) is 34.6 Å². The molecule has 0 aromatic heterocycles. The van der Waals surface area contributed by atoms with E-state index in [0.29, 0.717) is 0 Å². The van der Waals surface area contributed by atoms with Gasteiger partial charge in [-0.1, -0.05) is 0 Å². The van der Waals surface area contributed by atoms with Gasteiger partial charge in [0, 0.05) is 34.6 Å². The van der Waals surface area contributed by atoms with Crippen LogP contribution in [-0.4, -0.2) is 593 Å². The quantitative estimate of drug-likeness (QED) is 0.0277. The molecule has 792 valence electrons. The number of hydrogen-bond acceptors (Lipinski definition) is 56. The van der Waals surface area contributed by atoms with E-state index < -0.39 is 440 Å². The number of aliphatic hydroxyl groups excluding tert-OH is 30. The Hall–Kier alpha value is -4.69. The molecular formula is C76H127N5O56. The number of hydrogen-bond donors (Lipinski definition) is 35. The fraction of sp³-hybridized carbons (Fsp3) is 0.934. The lowest BCUT2D eigenvalue weighted by atomic mass is 9.93. The van der Waals surface area contributed by atoms with Crippen molar-refractivity contribution in [2.24, 2.45) is 0 Å². The van der Waals surface area contributed by atoms with Gasteiger partial charge in [-0.3, -0.25) is 24.0 Å². The van der Waals surface area contributed by atoms with Gasteiger partial charge in [0.2, 0.25) is 29.5 Å². The molecule has 0 bridgehead atoms. The summed E-state index contributed by atoms with van der Waals surface area (Å²) >= 11 is 0. The Labute approximate surface area is 775 Å². The average Bonchev–Trinajstić information content (AvgIpc) is 0.745. The van der Waals surface area contributed by atoms with Gasteiger partial charge in [-0.2, -0.15) is 0 Å². The molecule has 0 aromatic carbocycles. The zero-order valence-electron chi connectivity index (χ0n) is 73.6. The summed E-state index contributed by atoms with van der Waals surface area (Å²) in [7, 11) is 0. The fourth-order valence-electron chi connectivity index (χ4n) is 17.7. The van der Waals surface area contributed by atoms with Crippen LogP contribution >= 0.6 is 0 Å². The summed E-state index contributed by atoms with van der Waals surface area (Å²) in [5, 5.41) is 352. The van der Waals surface area contributed by atoms with Gasteiger partial charge in [-0.25, -0.2) is 0 Å². The second kappa shape index (κ2) is 49.5. The molecule has 0 spiro atoms. The predicted molar refractivity (Wildman–Crippen MR) is 420 cm³/mol. The summed E-state index contributed by atoms with van der Waals surface area (Å²) in [6.07, 6.45) is -113. The van der Waals surface area contributed by atoms with Crippen LogP contribution in [-0.2, 0) is 123 Å². The van der Waals surface area contributed by atoms with E-state index in [1.807, 2.05) is 0 Å². The van der Waals surface area contributed by atoms with Crippen molar-refractivity contribution in [2.45, 2.75) is 372 Å². The third-order valence-corrected chi connectivity index (χ3v) is 25.0. The molecule has 11 saturated heterocycles. The Morgan fingerprint density at radius 1 is 0.190 bits per heavy atom. The van der Waals surface area contributed by atoms with Crippen molar-refractivity contribution in [2.75, 3.05) is 72.7 Å². The highest BCUT2D eigenvalue weighted by Crippen LogP contribution is 2.43. The number of carbonyl (C=O) groups is 5. The number of amides is 5. The average molecular weight is 2010 g/mol. The monoisotopic (exact) mass is 2010 g/mol. The molecule has 1 unspecified atom stereocenters. The maximum atomic E-state index is 13.6. The van der Waals surface area contributed by atoms with Crippen LogP contribution in [0.25, 0.3) is 0 Å². The number of carbonyl (C=O) groups excluding carboxylic acids is 5. The molecule has 0 aromatic rings. The molecule has 5 amide bonds. The number of ether oxygens (including phenoxy) is 21. The van der Waals surface area contributed by atoms with Crippen molar-refractivity contribution in [3.05, 3.63) is 0 Å². The van der Waals surface area contributed by atoms with Crippen molar-refractivity contribution >= 4 is 29.5 Å². The lowest BCUT2D eigenvalue weighted by Gasteiger charge is -2.53. The molecule has 11 aliphatic heterocycles. The van der Waals surface area contributed by atoms with Crippen LogP contribution in [0.5, 0.6) is 0 Å². The molecule has 11 aliphatic rings. The van der Waals surface area contributed by atoms with E-state index >= 15 is 0 Å². The van der Waals surface area contributed by atoms with Crippen LogP contribution < -0.4 is 26.6 Å². The normalized spacial score (nSPS) is 48.9. The fourth-order valence-corrected chi connectivity index (χ4v) is 17.7. The predicted octanol–water partition coefficient (Wildman–Crippen LogP) is -24.3. The molecule has 61 nitrogen and oxygen atoms in total. The highest BCUT2D eigenvalue weighted by Gasteiger charge is 2.63. The molecular weight excluding hydrogens is 1880 g/mol. The topological polar surface area (TPSA) is 946 Å². The molecule has 11 heterocycles. The van der Waals surface area contributed by atoms with E-state index in [2.05, 4.69) is 26.6 Å². The minimum atomic E-state index is -2.88. The molecule has 0 radical (unpaired) electrons. The lowest BCUT2D eigenvalue weighted by molar-refractivity contribution is -0.412. The third kappa shape index (κ3) is 25.2. The second-order valence-electron chi connectivity index (χ2n) is 34.6. The molecule has 11 rings (SSSR count). The Morgan fingerprint density at radius 2 is 0.438 bits per heavy atom. The van der Waals surface area contributed by atoms with Gasteiger partial charge in [-0.05, 0) is 0 Å². The van der Waals surface area contributed by atoms with Crippen molar-refractivity contribution < 1.29 is 277 Å². The minimum absolute atomic E-state index is 0.848. The zero-order chi connectivity index (χ0) is 101. The molecule has 61 heteroatoms. The highest BCUT2D eigenvalue weighted by molar-refractivity contribution is 5.75. The zero-order valence-corrected chi connectivity index (χ0v) is 73.6. The van der Waals surface area contributed by atoms with E-state index in [1.165, 1.54) is 0 Å². The second-order valence-corrected chi connectivity index (χ2v) is 34.6. The van der Waals surface area contributed by atoms with E-state index in [9.17, 15) is 177 Å². The lowest BCUT2D eigenvalue weighted by Crippen LogP contribution is -2.72. The highest BCUT2D eigenvalue weighted by atomic mass is 16.8.